The maximum atomic E-state index is 12.4. The summed E-state index contributed by atoms with van der Waals surface area (Å²) in [5, 5.41) is 1.74. The first-order valence-electron chi connectivity index (χ1n) is 5.29. The predicted molar refractivity (Wildman–Crippen MR) is 60.3 cm³/mol. The van der Waals surface area contributed by atoms with Gasteiger partial charge in [-0.25, -0.2) is 9.99 Å². The summed E-state index contributed by atoms with van der Waals surface area (Å²) >= 11 is 5.77. The molecule has 0 bridgehead atoms. The van der Waals surface area contributed by atoms with Gasteiger partial charge in [-0.3, -0.25) is 0 Å². The fraction of sp³-hybridized carbons (Fsp3) is 0.500. The number of halogens is 4. The van der Waals surface area contributed by atoms with Crippen LogP contribution in [0.1, 0.15) is 5.56 Å². The van der Waals surface area contributed by atoms with Crippen molar-refractivity contribution in [3.05, 3.63) is 22.8 Å². The Balaban J connectivity index is 2.09. The zero-order valence-electron chi connectivity index (χ0n) is 9.30. The first-order valence-corrected chi connectivity index (χ1v) is 5.67. The monoisotopic (exact) mass is 281 g/mol. The molecule has 1 aromatic heterocycles. The van der Waals surface area contributed by atoms with Gasteiger partial charge >= 0.3 is 6.18 Å². The summed E-state index contributed by atoms with van der Waals surface area (Å²) in [6.45, 7) is 2.37. The summed E-state index contributed by atoms with van der Waals surface area (Å²) in [4.78, 5) is 3.69. The van der Waals surface area contributed by atoms with E-state index >= 15 is 0 Å². The Morgan fingerprint density at radius 3 is 2.56 bits per heavy atom. The summed E-state index contributed by atoms with van der Waals surface area (Å²) < 4.78 is 42.4. The van der Waals surface area contributed by atoms with Crippen LogP contribution in [0.3, 0.4) is 0 Å². The topological polar surface area (TPSA) is 37.4 Å². The van der Waals surface area contributed by atoms with Crippen LogP contribution in [0.5, 0.6) is 0 Å². The lowest BCUT2D eigenvalue weighted by atomic mass is 10.3. The second-order valence-corrected chi connectivity index (χ2v) is 4.17. The number of hydrogen-bond donors (Lipinski definition) is 1. The first-order chi connectivity index (χ1) is 8.47. The van der Waals surface area contributed by atoms with Crippen LogP contribution in [0.4, 0.5) is 19.0 Å². The number of rotatable bonds is 2. The molecule has 2 rings (SSSR count). The largest absolute Gasteiger partial charge is 0.417 e. The zero-order chi connectivity index (χ0) is 13.2. The van der Waals surface area contributed by atoms with E-state index in [-0.39, 0.29) is 10.8 Å². The molecule has 1 aliphatic heterocycles. The Bertz CT molecular complexity index is 421. The zero-order valence-corrected chi connectivity index (χ0v) is 10.1. The third-order valence-electron chi connectivity index (χ3n) is 2.44. The van der Waals surface area contributed by atoms with Gasteiger partial charge in [0, 0.05) is 19.3 Å². The van der Waals surface area contributed by atoms with Crippen molar-refractivity contribution in [1.82, 2.24) is 9.99 Å². The Kier molecular flexibility index (Phi) is 3.94. The molecule has 1 N–H and O–H groups in total. The van der Waals surface area contributed by atoms with E-state index in [0.29, 0.717) is 26.3 Å². The number of nitrogens with one attached hydrogen (secondary N) is 1. The summed E-state index contributed by atoms with van der Waals surface area (Å²) in [6, 6.07) is 0.858. The third-order valence-corrected chi connectivity index (χ3v) is 2.73. The lowest BCUT2D eigenvalue weighted by Crippen LogP contribution is -2.40. The smallest absolute Gasteiger partial charge is 0.379 e. The van der Waals surface area contributed by atoms with Gasteiger partial charge < -0.3 is 10.2 Å². The number of aromatic nitrogens is 1. The predicted octanol–water partition coefficient (Wildman–Crippen LogP) is 2.41. The molecule has 18 heavy (non-hydrogen) atoms. The number of nitrogens with zero attached hydrogens (tertiary/aromatic N) is 2. The minimum Gasteiger partial charge on any atom is -0.379 e. The van der Waals surface area contributed by atoms with Gasteiger partial charge in [-0.2, -0.15) is 13.2 Å². The molecular weight excluding hydrogens is 271 g/mol. The van der Waals surface area contributed by atoms with E-state index in [2.05, 4.69) is 10.4 Å². The van der Waals surface area contributed by atoms with Crippen LogP contribution >= 0.6 is 11.6 Å². The van der Waals surface area contributed by atoms with Gasteiger partial charge in [-0.15, -0.1) is 0 Å². The van der Waals surface area contributed by atoms with Crippen LogP contribution in [-0.2, 0) is 10.9 Å². The highest BCUT2D eigenvalue weighted by atomic mass is 35.5. The molecule has 1 aromatic rings. The average Bonchev–Trinajstić information content (AvgIpc) is 2.32. The molecule has 0 atom stereocenters. The minimum absolute atomic E-state index is 0.0590. The van der Waals surface area contributed by atoms with Crippen LogP contribution in [0.2, 0.25) is 5.02 Å². The van der Waals surface area contributed by atoms with Crippen molar-refractivity contribution in [3.8, 4) is 0 Å². The van der Waals surface area contributed by atoms with E-state index in [1.807, 2.05) is 0 Å². The van der Waals surface area contributed by atoms with Crippen molar-refractivity contribution in [2.24, 2.45) is 0 Å². The van der Waals surface area contributed by atoms with Crippen LogP contribution < -0.4 is 5.43 Å². The van der Waals surface area contributed by atoms with Gasteiger partial charge in [0.1, 0.15) is 0 Å². The van der Waals surface area contributed by atoms with Crippen molar-refractivity contribution >= 4 is 17.4 Å². The fourth-order valence-corrected chi connectivity index (χ4v) is 1.71. The van der Waals surface area contributed by atoms with Crippen molar-refractivity contribution in [2.45, 2.75) is 6.18 Å². The highest BCUT2D eigenvalue weighted by Gasteiger charge is 2.31. The summed E-state index contributed by atoms with van der Waals surface area (Å²) in [5.41, 5.74) is 2.01. The van der Waals surface area contributed by atoms with E-state index in [0.717, 1.165) is 12.3 Å². The van der Waals surface area contributed by atoms with E-state index < -0.39 is 11.7 Å². The number of alkyl halides is 3. The first kappa shape index (κ1) is 13.4. The van der Waals surface area contributed by atoms with Gasteiger partial charge in [0.25, 0.3) is 0 Å². The summed E-state index contributed by atoms with van der Waals surface area (Å²) in [6.07, 6.45) is -3.68. The SMILES string of the molecule is FC(F)(F)c1cnc(NN2CCOCC2)c(Cl)c1. The quantitative estimate of drug-likeness (QED) is 0.903. The Morgan fingerprint density at radius 1 is 1.33 bits per heavy atom. The molecule has 1 fully saturated rings. The van der Waals surface area contributed by atoms with E-state index in [9.17, 15) is 13.2 Å². The Hall–Kier alpha value is -1.05. The van der Waals surface area contributed by atoms with Crippen LogP contribution in [0.25, 0.3) is 0 Å². The van der Waals surface area contributed by atoms with Gasteiger partial charge in [-0.05, 0) is 6.07 Å². The molecule has 0 aliphatic carbocycles. The fourth-order valence-electron chi connectivity index (χ4n) is 1.50. The standard InChI is InChI=1S/C10H11ClF3N3O/c11-8-5-7(10(12,13)14)6-15-9(8)16-17-1-3-18-4-2-17/h5-6H,1-4H2,(H,15,16). The van der Waals surface area contributed by atoms with Crippen LogP contribution in [0.15, 0.2) is 12.3 Å². The third kappa shape index (κ3) is 3.24. The maximum Gasteiger partial charge on any atom is 0.417 e. The number of hydrazine groups is 1. The molecule has 0 amide bonds. The van der Waals surface area contributed by atoms with Crippen molar-refractivity contribution in [1.29, 1.82) is 0 Å². The highest BCUT2D eigenvalue weighted by molar-refractivity contribution is 6.32. The van der Waals surface area contributed by atoms with Crippen LogP contribution in [-0.4, -0.2) is 36.3 Å². The highest BCUT2D eigenvalue weighted by Crippen LogP contribution is 2.32. The number of morpholine rings is 1. The van der Waals surface area contributed by atoms with E-state index in [1.54, 1.807) is 5.01 Å². The molecule has 0 radical (unpaired) electrons. The molecular formula is C10H11ClF3N3O. The summed E-state index contributed by atoms with van der Waals surface area (Å²) in [7, 11) is 0. The molecule has 2 heterocycles. The average molecular weight is 282 g/mol. The van der Waals surface area contributed by atoms with Crippen molar-refractivity contribution < 1.29 is 17.9 Å². The second kappa shape index (κ2) is 5.29. The molecule has 8 heteroatoms. The minimum atomic E-state index is -4.44. The lowest BCUT2D eigenvalue weighted by Gasteiger charge is -2.27. The van der Waals surface area contributed by atoms with Gasteiger partial charge in [0.05, 0.1) is 23.8 Å². The molecule has 1 aliphatic rings. The molecule has 0 unspecified atom stereocenters. The second-order valence-electron chi connectivity index (χ2n) is 3.76. The normalized spacial score (nSPS) is 17.8. The van der Waals surface area contributed by atoms with Crippen molar-refractivity contribution in [2.75, 3.05) is 31.7 Å². The van der Waals surface area contributed by atoms with Crippen molar-refractivity contribution in [3.63, 3.8) is 0 Å². The molecule has 4 nitrogen and oxygen atoms in total. The Morgan fingerprint density at radius 2 is 2.00 bits per heavy atom. The Labute approximate surface area is 107 Å². The molecule has 100 valence electrons. The number of pyridine rings is 1. The number of hydrogen-bond acceptors (Lipinski definition) is 4. The lowest BCUT2D eigenvalue weighted by molar-refractivity contribution is -0.137. The summed E-state index contributed by atoms with van der Waals surface area (Å²) in [5.74, 6) is 0.214. The molecule has 0 aromatic carbocycles. The van der Waals surface area contributed by atoms with Gasteiger partial charge in [-0.1, -0.05) is 11.6 Å². The van der Waals surface area contributed by atoms with Crippen LogP contribution in [0, 0.1) is 0 Å². The van der Waals surface area contributed by atoms with Gasteiger partial charge in [0.15, 0.2) is 5.82 Å². The number of ether oxygens (including phenoxy) is 1. The van der Waals surface area contributed by atoms with Gasteiger partial charge in [0.2, 0.25) is 0 Å². The molecule has 0 saturated carbocycles. The molecule has 1 saturated heterocycles. The maximum absolute atomic E-state index is 12.4. The van der Waals surface area contributed by atoms with E-state index in [4.69, 9.17) is 16.3 Å². The molecule has 0 spiro atoms. The number of anilines is 1. The van der Waals surface area contributed by atoms with E-state index in [1.165, 1.54) is 0 Å².